The van der Waals surface area contributed by atoms with Crippen molar-refractivity contribution in [1.82, 2.24) is 15.2 Å². The lowest BCUT2D eigenvalue weighted by atomic mass is 9.76. The van der Waals surface area contributed by atoms with Gasteiger partial charge in [-0.2, -0.15) is 9.49 Å². The van der Waals surface area contributed by atoms with Gasteiger partial charge in [-0.25, -0.2) is 4.98 Å². The lowest BCUT2D eigenvalue weighted by Crippen LogP contribution is -2.21. The van der Waals surface area contributed by atoms with E-state index in [9.17, 15) is 8.60 Å². The topological polar surface area (TPSA) is 70.7 Å². The number of fused-ring (bicyclic) bond motifs is 1. The number of halogens is 1. The maximum atomic E-state index is 14.2. The second-order valence-corrected chi connectivity index (χ2v) is 9.77. The quantitative estimate of drug-likeness (QED) is 0.607. The first-order chi connectivity index (χ1) is 13.8. The second-order valence-electron chi connectivity index (χ2n) is 8.39. The third-order valence-corrected chi connectivity index (χ3v) is 6.35. The Balaban J connectivity index is 1.57. The van der Waals surface area contributed by atoms with Crippen LogP contribution in [0.3, 0.4) is 0 Å². The Kier molecular flexibility index (Phi) is 5.25. The molecule has 1 atom stereocenters. The summed E-state index contributed by atoms with van der Waals surface area (Å²) in [6.07, 6.45) is 4.62. The number of hydrogen-bond donors (Lipinski definition) is 2. The first-order valence-corrected chi connectivity index (χ1v) is 11.3. The van der Waals surface area contributed by atoms with Crippen molar-refractivity contribution >= 4 is 16.6 Å². The van der Waals surface area contributed by atoms with Crippen LogP contribution in [0.25, 0.3) is 11.3 Å². The SMILES string of the molecule is CS(=O)c1cccc(CNc2cc(-c3n[nH]c4c3CCC(C)(C)C4)cc(F)n2)c1. The fourth-order valence-electron chi connectivity index (χ4n) is 3.84. The molecule has 0 saturated heterocycles. The molecule has 7 heteroatoms. The summed E-state index contributed by atoms with van der Waals surface area (Å²) < 4.78 is 25.9. The zero-order valence-corrected chi connectivity index (χ0v) is 17.7. The van der Waals surface area contributed by atoms with Crippen LogP contribution in [0.5, 0.6) is 0 Å². The molecule has 0 radical (unpaired) electrons. The van der Waals surface area contributed by atoms with E-state index < -0.39 is 16.7 Å². The molecule has 1 aliphatic carbocycles. The molecule has 0 fully saturated rings. The van der Waals surface area contributed by atoms with Gasteiger partial charge in [0.2, 0.25) is 5.95 Å². The van der Waals surface area contributed by atoms with Crippen LogP contribution in [0.15, 0.2) is 41.3 Å². The van der Waals surface area contributed by atoms with Crippen molar-refractivity contribution in [3.63, 3.8) is 0 Å². The van der Waals surface area contributed by atoms with Gasteiger partial charge < -0.3 is 5.32 Å². The van der Waals surface area contributed by atoms with Crippen LogP contribution in [0.1, 0.15) is 37.1 Å². The van der Waals surface area contributed by atoms with Gasteiger partial charge in [-0.3, -0.25) is 9.31 Å². The maximum Gasteiger partial charge on any atom is 0.215 e. The number of pyridine rings is 1. The molecule has 4 rings (SSSR count). The molecular formula is C22H25FN4OS. The normalized spacial score (nSPS) is 16.3. The minimum atomic E-state index is -1.04. The number of H-pyrrole nitrogens is 1. The smallest absolute Gasteiger partial charge is 0.215 e. The minimum Gasteiger partial charge on any atom is -0.366 e. The van der Waals surface area contributed by atoms with Crippen LogP contribution in [-0.4, -0.2) is 25.6 Å². The highest BCUT2D eigenvalue weighted by atomic mass is 32.2. The number of rotatable bonds is 5. The van der Waals surface area contributed by atoms with Crippen molar-refractivity contribution in [2.75, 3.05) is 11.6 Å². The van der Waals surface area contributed by atoms with Crippen molar-refractivity contribution in [2.45, 2.75) is 44.6 Å². The molecule has 2 aromatic heterocycles. The number of aromatic amines is 1. The highest BCUT2D eigenvalue weighted by Crippen LogP contribution is 2.38. The number of hydrogen-bond acceptors (Lipinski definition) is 4. The fourth-order valence-corrected chi connectivity index (χ4v) is 4.42. The van der Waals surface area contributed by atoms with Crippen LogP contribution in [0, 0.1) is 11.4 Å². The Labute approximate surface area is 172 Å². The van der Waals surface area contributed by atoms with Crippen molar-refractivity contribution in [3.05, 3.63) is 59.2 Å². The highest BCUT2D eigenvalue weighted by molar-refractivity contribution is 7.84. The zero-order valence-electron chi connectivity index (χ0n) is 16.9. The largest absolute Gasteiger partial charge is 0.366 e. The molecule has 0 aliphatic heterocycles. The van der Waals surface area contributed by atoms with Crippen LogP contribution in [-0.2, 0) is 30.2 Å². The van der Waals surface area contributed by atoms with Gasteiger partial charge in [0.1, 0.15) is 5.82 Å². The first kappa shape index (κ1) is 19.8. The summed E-state index contributed by atoms with van der Waals surface area (Å²) in [6, 6.07) is 10.8. The summed E-state index contributed by atoms with van der Waals surface area (Å²) in [6.45, 7) is 4.98. The monoisotopic (exact) mass is 412 g/mol. The minimum absolute atomic E-state index is 0.254. The molecular weight excluding hydrogens is 387 g/mol. The van der Waals surface area contributed by atoms with Crippen LogP contribution in [0.4, 0.5) is 10.2 Å². The van der Waals surface area contributed by atoms with Crippen LogP contribution < -0.4 is 5.32 Å². The average molecular weight is 413 g/mol. The summed E-state index contributed by atoms with van der Waals surface area (Å²) in [5.41, 5.74) is 5.07. The van der Waals surface area contributed by atoms with Crippen molar-refractivity contribution in [2.24, 2.45) is 5.41 Å². The standard InChI is InChI=1S/C22H25FN4OS/c1-22(2)8-7-17-18(12-22)26-27-21(17)15-10-19(23)25-20(11-15)24-13-14-5-4-6-16(9-14)29(3)28/h4-6,9-11H,7-8,12-13H2,1-3H3,(H,24,25)(H,26,27). The summed E-state index contributed by atoms with van der Waals surface area (Å²) in [5.74, 6) is -0.0859. The van der Waals surface area contributed by atoms with Crippen molar-refractivity contribution in [3.8, 4) is 11.3 Å². The molecule has 152 valence electrons. The first-order valence-electron chi connectivity index (χ1n) is 9.71. The van der Waals surface area contributed by atoms with Gasteiger partial charge in [-0.15, -0.1) is 0 Å². The Hall–Kier alpha value is -2.54. The van der Waals surface area contributed by atoms with Gasteiger partial charge in [0.25, 0.3) is 0 Å². The number of nitrogens with zero attached hydrogens (tertiary/aromatic N) is 2. The molecule has 0 saturated carbocycles. The molecule has 0 amide bonds. The molecule has 1 unspecified atom stereocenters. The fraction of sp³-hybridized carbons (Fsp3) is 0.364. The lowest BCUT2D eigenvalue weighted by molar-refractivity contribution is 0.312. The molecule has 5 nitrogen and oxygen atoms in total. The summed E-state index contributed by atoms with van der Waals surface area (Å²) in [5, 5.41) is 10.8. The molecule has 3 aromatic rings. The van der Waals surface area contributed by atoms with Crippen LogP contribution >= 0.6 is 0 Å². The Morgan fingerprint density at radius 3 is 2.90 bits per heavy atom. The van der Waals surface area contributed by atoms with E-state index in [1.54, 1.807) is 6.26 Å². The van der Waals surface area contributed by atoms with Crippen molar-refractivity contribution < 1.29 is 8.60 Å². The molecule has 2 heterocycles. The van der Waals surface area contributed by atoms with E-state index in [0.717, 1.165) is 46.7 Å². The van der Waals surface area contributed by atoms with E-state index in [1.807, 2.05) is 30.3 Å². The summed E-state index contributed by atoms with van der Waals surface area (Å²) >= 11 is 0. The highest BCUT2D eigenvalue weighted by Gasteiger charge is 2.29. The number of aromatic nitrogens is 3. The average Bonchev–Trinajstić information content (AvgIpc) is 3.08. The van der Waals surface area contributed by atoms with Gasteiger partial charge in [0.15, 0.2) is 0 Å². The van der Waals surface area contributed by atoms with E-state index in [4.69, 9.17) is 0 Å². The molecule has 1 aromatic carbocycles. The van der Waals surface area contributed by atoms with E-state index in [1.165, 1.54) is 11.6 Å². The summed E-state index contributed by atoms with van der Waals surface area (Å²) in [4.78, 5) is 4.74. The molecule has 29 heavy (non-hydrogen) atoms. The molecule has 2 N–H and O–H groups in total. The van der Waals surface area contributed by atoms with E-state index in [0.29, 0.717) is 12.4 Å². The summed E-state index contributed by atoms with van der Waals surface area (Å²) in [7, 11) is -1.04. The van der Waals surface area contributed by atoms with Crippen molar-refractivity contribution in [1.29, 1.82) is 0 Å². The van der Waals surface area contributed by atoms with Gasteiger partial charge in [-0.05, 0) is 48.4 Å². The molecule has 0 spiro atoms. The number of nitrogens with one attached hydrogen (secondary N) is 2. The number of benzene rings is 1. The maximum absolute atomic E-state index is 14.2. The zero-order chi connectivity index (χ0) is 20.6. The Bertz CT molecular complexity index is 1080. The molecule has 0 bridgehead atoms. The predicted octanol–water partition coefficient (Wildman–Crippen LogP) is 4.48. The Morgan fingerprint density at radius 2 is 2.10 bits per heavy atom. The van der Waals surface area contributed by atoms with Gasteiger partial charge in [0.05, 0.1) is 5.69 Å². The molecule has 1 aliphatic rings. The van der Waals surface area contributed by atoms with Gasteiger partial charge in [0, 0.05) is 51.4 Å². The van der Waals surface area contributed by atoms with Crippen LogP contribution in [0.2, 0.25) is 0 Å². The predicted molar refractivity (Wildman–Crippen MR) is 114 cm³/mol. The van der Waals surface area contributed by atoms with Gasteiger partial charge in [-0.1, -0.05) is 26.0 Å². The third kappa shape index (κ3) is 4.40. The number of anilines is 1. The second kappa shape index (κ2) is 7.71. The van der Waals surface area contributed by atoms with E-state index in [2.05, 4.69) is 34.3 Å². The lowest BCUT2D eigenvalue weighted by Gasteiger charge is -2.29. The van der Waals surface area contributed by atoms with Gasteiger partial charge >= 0.3 is 0 Å². The van der Waals surface area contributed by atoms with E-state index in [-0.39, 0.29) is 5.41 Å². The Morgan fingerprint density at radius 1 is 1.28 bits per heavy atom. The third-order valence-electron chi connectivity index (χ3n) is 5.43. The van der Waals surface area contributed by atoms with E-state index >= 15 is 0 Å².